The van der Waals surface area contributed by atoms with Gasteiger partial charge in [0.2, 0.25) is 0 Å². The van der Waals surface area contributed by atoms with Crippen LogP contribution in [0.25, 0.3) is 0 Å². The van der Waals surface area contributed by atoms with E-state index in [1.54, 1.807) is 6.33 Å². The van der Waals surface area contributed by atoms with E-state index >= 15 is 0 Å². The average Bonchev–Trinajstić information content (AvgIpc) is 2.75. The van der Waals surface area contributed by atoms with Crippen molar-refractivity contribution >= 4 is 5.97 Å². The van der Waals surface area contributed by atoms with Crippen LogP contribution in [0.2, 0.25) is 0 Å². The van der Waals surface area contributed by atoms with Crippen molar-refractivity contribution in [3.05, 3.63) is 12.2 Å². The van der Waals surface area contributed by atoms with E-state index in [1.165, 1.54) is 7.11 Å². The molecule has 0 aromatic carbocycles. The molecule has 0 fully saturated rings. The minimum Gasteiger partial charge on any atom is -0.469 e. The monoisotopic (exact) mass is 224 g/mol. The second kappa shape index (κ2) is 4.61. The van der Waals surface area contributed by atoms with Crippen LogP contribution in [0.5, 0.6) is 0 Å². The zero-order valence-electron chi connectivity index (χ0n) is 9.59. The summed E-state index contributed by atoms with van der Waals surface area (Å²) in [6.45, 7) is 5.15. The summed E-state index contributed by atoms with van der Waals surface area (Å²) in [6, 6.07) is 0. The third-order valence-electron chi connectivity index (χ3n) is 2.85. The largest absolute Gasteiger partial charge is 0.469 e. The van der Waals surface area contributed by atoms with Gasteiger partial charge >= 0.3 is 5.97 Å². The highest BCUT2D eigenvalue weighted by Gasteiger charge is 2.22. The lowest BCUT2D eigenvalue weighted by molar-refractivity contribution is -0.145. The fourth-order valence-corrected chi connectivity index (χ4v) is 1.94. The topological polar surface area (TPSA) is 60.2 Å². The highest BCUT2D eigenvalue weighted by molar-refractivity contribution is 5.72. The number of rotatable bonds is 3. The maximum atomic E-state index is 11.3. The molecule has 0 amide bonds. The molecule has 2 heterocycles. The summed E-state index contributed by atoms with van der Waals surface area (Å²) >= 11 is 0. The van der Waals surface area contributed by atoms with Crippen molar-refractivity contribution in [3.8, 4) is 0 Å². The Morgan fingerprint density at radius 1 is 1.62 bits per heavy atom. The summed E-state index contributed by atoms with van der Waals surface area (Å²) in [6.07, 6.45) is 1.75. The normalized spacial score (nSPS) is 17.9. The van der Waals surface area contributed by atoms with Gasteiger partial charge in [0.25, 0.3) is 0 Å². The second-order valence-corrected chi connectivity index (χ2v) is 4.10. The standard InChI is InChI=1S/C10H16N4O2/c1-8(10(15)16-2)5-13-3-4-14-7-11-12-9(14)6-13/h7-8H,3-6H2,1-2H3. The van der Waals surface area contributed by atoms with Gasteiger partial charge in [-0.3, -0.25) is 9.69 Å². The molecule has 6 heteroatoms. The summed E-state index contributed by atoms with van der Waals surface area (Å²) in [5.41, 5.74) is 0. The predicted molar refractivity (Wildman–Crippen MR) is 56.5 cm³/mol. The van der Waals surface area contributed by atoms with Crippen LogP contribution in [-0.2, 0) is 22.6 Å². The van der Waals surface area contributed by atoms with Gasteiger partial charge in [0.15, 0.2) is 0 Å². The van der Waals surface area contributed by atoms with E-state index in [0.29, 0.717) is 6.54 Å². The van der Waals surface area contributed by atoms with Gasteiger partial charge in [-0.25, -0.2) is 0 Å². The Labute approximate surface area is 94.2 Å². The molecule has 6 nitrogen and oxygen atoms in total. The molecule has 0 N–H and O–H groups in total. The lowest BCUT2D eigenvalue weighted by Gasteiger charge is -2.28. The van der Waals surface area contributed by atoms with Crippen molar-refractivity contribution in [2.45, 2.75) is 20.0 Å². The predicted octanol–water partition coefficient (Wildman–Crippen LogP) is -0.0972. The molecule has 0 saturated carbocycles. The van der Waals surface area contributed by atoms with E-state index < -0.39 is 0 Å². The third-order valence-corrected chi connectivity index (χ3v) is 2.85. The molecule has 0 saturated heterocycles. The Balaban J connectivity index is 1.92. The van der Waals surface area contributed by atoms with Gasteiger partial charge in [-0.1, -0.05) is 6.92 Å². The van der Waals surface area contributed by atoms with Gasteiger partial charge < -0.3 is 9.30 Å². The van der Waals surface area contributed by atoms with Crippen LogP contribution >= 0.6 is 0 Å². The number of esters is 1. The first-order chi connectivity index (χ1) is 7.70. The first-order valence-corrected chi connectivity index (χ1v) is 5.37. The van der Waals surface area contributed by atoms with Crippen molar-refractivity contribution in [1.82, 2.24) is 19.7 Å². The average molecular weight is 224 g/mol. The maximum Gasteiger partial charge on any atom is 0.309 e. The van der Waals surface area contributed by atoms with E-state index in [0.717, 1.165) is 25.5 Å². The van der Waals surface area contributed by atoms with Gasteiger partial charge in [-0.15, -0.1) is 10.2 Å². The third kappa shape index (κ3) is 2.21. The molecule has 1 unspecified atom stereocenters. The van der Waals surface area contributed by atoms with Crippen LogP contribution in [0.3, 0.4) is 0 Å². The molecule has 1 aliphatic heterocycles. The molecular formula is C10H16N4O2. The number of carbonyl (C=O) groups is 1. The van der Waals surface area contributed by atoms with Crippen LogP contribution in [0.1, 0.15) is 12.7 Å². The first-order valence-electron chi connectivity index (χ1n) is 5.37. The number of ether oxygens (including phenoxy) is 1. The molecule has 0 radical (unpaired) electrons. The van der Waals surface area contributed by atoms with E-state index in [-0.39, 0.29) is 11.9 Å². The highest BCUT2D eigenvalue weighted by atomic mass is 16.5. The van der Waals surface area contributed by atoms with Gasteiger partial charge in [0.05, 0.1) is 19.6 Å². The van der Waals surface area contributed by atoms with Gasteiger partial charge in [-0.2, -0.15) is 0 Å². The van der Waals surface area contributed by atoms with Crippen molar-refractivity contribution in [2.75, 3.05) is 20.2 Å². The zero-order chi connectivity index (χ0) is 11.5. The Bertz CT molecular complexity index is 377. The number of hydrogen-bond donors (Lipinski definition) is 0. The first kappa shape index (κ1) is 11.1. The summed E-state index contributed by atoms with van der Waals surface area (Å²) in [7, 11) is 1.42. The molecule has 1 aromatic rings. The lowest BCUT2D eigenvalue weighted by Crippen LogP contribution is -2.38. The lowest BCUT2D eigenvalue weighted by atomic mass is 10.1. The molecular weight excluding hydrogens is 208 g/mol. The number of aromatic nitrogens is 3. The minimum absolute atomic E-state index is 0.0977. The molecule has 2 rings (SSSR count). The van der Waals surface area contributed by atoms with Crippen molar-refractivity contribution in [1.29, 1.82) is 0 Å². The highest BCUT2D eigenvalue weighted by Crippen LogP contribution is 2.11. The van der Waals surface area contributed by atoms with E-state index in [9.17, 15) is 4.79 Å². The summed E-state index contributed by atoms with van der Waals surface area (Å²) in [4.78, 5) is 13.5. The molecule has 0 bridgehead atoms. The number of nitrogens with zero attached hydrogens (tertiary/aromatic N) is 4. The van der Waals surface area contributed by atoms with Crippen LogP contribution in [-0.4, -0.2) is 45.8 Å². The summed E-state index contributed by atoms with van der Waals surface area (Å²) < 4.78 is 6.75. The molecule has 0 aliphatic carbocycles. The van der Waals surface area contributed by atoms with E-state index in [1.807, 2.05) is 11.5 Å². The van der Waals surface area contributed by atoms with Gasteiger partial charge in [0.1, 0.15) is 12.2 Å². The Hall–Kier alpha value is -1.43. The fourth-order valence-electron chi connectivity index (χ4n) is 1.94. The molecule has 88 valence electrons. The van der Waals surface area contributed by atoms with Crippen LogP contribution in [0.4, 0.5) is 0 Å². The Kier molecular flexibility index (Phi) is 3.19. The number of methoxy groups -OCH3 is 1. The van der Waals surface area contributed by atoms with Crippen LogP contribution in [0, 0.1) is 5.92 Å². The molecule has 16 heavy (non-hydrogen) atoms. The quantitative estimate of drug-likeness (QED) is 0.671. The van der Waals surface area contributed by atoms with Crippen molar-refractivity contribution in [2.24, 2.45) is 5.92 Å². The molecule has 1 aromatic heterocycles. The zero-order valence-corrected chi connectivity index (χ0v) is 9.59. The van der Waals surface area contributed by atoms with Crippen LogP contribution in [0.15, 0.2) is 6.33 Å². The Morgan fingerprint density at radius 3 is 3.19 bits per heavy atom. The second-order valence-electron chi connectivity index (χ2n) is 4.10. The molecule has 0 spiro atoms. The minimum atomic E-state index is -0.160. The van der Waals surface area contributed by atoms with Crippen molar-refractivity contribution in [3.63, 3.8) is 0 Å². The van der Waals surface area contributed by atoms with Crippen LogP contribution < -0.4 is 0 Å². The number of fused-ring (bicyclic) bond motifs is 1. The van der Waals surface area contributed by atoms with E-state index in [2.05, 4.69) is 15.1 Å². The SMILES string of the molecule is COC(=O)C(C)CN1CCn2cnnc2C1. The molecule has 1 atom stereocenters. The number of hydrogen-bond acceptors (Lipinski definition) is 5. The van der Waals surface area contributed by atoms with Crippen molar-refractivity contribution < 1.29 is 9.53 Å². The Morgan fingerprint density at radius 2 is 2.44 bits per heavy atom. The molecule has 1 aliphatic rings. The smallest absolute Gasteiger partial charge is 0.309 e. The van der Waals surface area contributed by atoms with E-state index in [4.69, 9.17) is 4.74 Å². The fraction of sp³-hybridized carbons (Fsp3) is 0.700. The summed E-state index contributed by atoms with van der Waals surface area (Å²) in [5, 5.41) is 7.90. The number of carbonyl (C=O) groups excluding carboxylic acids is 1. The van der Waals surface area contributed by atoms with Gasteiger partial charge in [-0.05, 0) is 0 Å². The summed E-state index contributed by atoms with van der Waals surface area (Å²) in [5.74, 6) is 0.704. The van der Waals surface area contributed by atoms with Gasteiger partial charge in [0, 0.05) is 19.6 Å². The maximum absolute atomic E-state index is 11.3.